The summed E-state index contributed by atoms with van der Waals surface area (Å²) in [6, 6.07) is 8.54. The van der Waals surface area contributed by atoms with Crippen LogP contribution in [0.15, 0.2) is 54.0 Å². The highest BCUT2D eigenvalue weighted by molar-refractivity contribution is 5.95. The van der Waals surface area contributed by atoms with Crippen LogP contribution in [0.5, 0.6) is 0 Å². The molecule has 0 bridgehead atoms. The summed E-state index contributed by atoms with van der Waals surface area (Å²) >= 11 is 0. The molecule has 28 heavy (non-hydrogen) atoms. The van der Waals surface area contributed by atoms with Crippen LogP contribution in [-0.2, 0) is 0 Å². The zero-order valence-electron chi connectivity index (χ0n) is 15.5. The number of aromatic amines is 1. The van der Waals surface area contributed by atoms with Crippen molar-refractivity contribution in [2.24, 2.45) is 0 Å². The zero-order valence-corrected chi connectivity index (χ0v) is 15.5. The van der Waals surface area contributed by atoms with Gasteiger partial charge in [-0.25, -0.2) is 9.67 Å². The first-order chi connectivity index (χ1) is 13.5. The SMILES string of the molecule is Cc1cc(C(=O)NCCN(C)C(=O)c2ccc(-n3cncn3)cc2)c[nH]c1=O. The van der Waals surface area contributed by atoms with Crippen LogP contribution < -0.4 is 10.9 Å². The van der Waals surface area contributed by atoms with Gasteiger partial charge in [-0.05, 0) is 37.3 Å². The fourth-order valence-electron chi connectivity index (χ4n) is 2.59. The lowest BCUT2D eigenvalue weighted by Crippen LogP contribution is -2.36. The summed E-state index contributed by atoms with van der Waals surface area (Å²) < 4.78 is 1.60. The van der Waals surface area contributed by atoms with E-state index in [2.05, 4.69) is 20.4 Å². The van der Waals surface area contributed by atoms with E-state index in [1.165, 1.54) is 23.5 Å². The van der Waals surface area contributed by atoms with Crippen molar-refractivity contribution in [1.82, 2.24) is 30.0 Å². The average molecular weight is 380 g/mol. The lowest BCUT2D eigenvalue weighted by Gasteiger charge is -2.17. The molecule has 0 aliphatic heterocycles. The molecule has 0 saturated carbocycles. The summed E-state index contributed by atoms with van der Waals surface area (Å²) in [4.78, 5) is 43.9. The van der Waals surface area contributed by atoms with Crippen LogP contribution in [0.1, 0.15) is 26.3 Å². The highest BCUT2D eigenvalue weighted by Gasteiger charge is 2.13. The normalized spacial score (nSPS) is 10.5. The maximum absolute atomic E-state index is 12.5. The van der Waals surface area contributed by atoms with Crippen molar-refractivity contribution in [3.8, 4) is 5.69 Å². The molecule has 0 fully saturated rings. The van der Waals surface area contributed by atoms with Gasteiger partial charge in [-0.2, -0.15) is 5.10 Å². The van der Waals surface area contributed by atoms with Crippen molar-refractivity contribution in [3.63, 3.8) is 0 Å². The Bertz CT molecular complexity index is 1020. The van der Waals surface area contributed by atoms with Crippen molar-refractivity contribution >= 4 is 11.8 Å². The largest absolute Gasteiger partial charge is 0.350 e. The van der Waals surface area contributed by atoms with Gasteiger partial charge >= 0.3 is 0 Å². The third-order valence-corrected chi connectivity index (χ3v) is 4.23. The molecule has 3 aromatic rings. The van der Waals surface area contributed by atoms with Crippen LogP contribution in [0, 0.1) is 6.92 Å². The molecule has 0 aliphatic rings. The highest BCUT2D eigenvalue weighted by atomic mass is 16.2. The lowest BCUT2D eigenvalue weighted by atomic mass is 10.2. The summed E-state index contributed by atoms with van der Waals surface area (Å²) in [6.07, 6.45) is 4.39. The summed E-state index contributed by atoms with van der Waals surface area (Å²) in [6.45, 7) is 2.27. The predicted octanol–water partition coefficient (Wildman–Crippen LogP) is 0.766. The number of carbonyl (C=O) groups is 2. The van der Waals surface area contributed by atoms with E-state index in [9.17, 15) is 14.4 Å². The number of amides is 2. The van der Waals surface area contributed by atoms with Gasteiger partial charge in [-0.15, -0.1) is 0 Å². The number of benzene rings is 1. The molecule has 2 N–H and O–H groups in total. The number of hydrogen-bond donors (Lipinski definition) is 2. The fraction of sp³-hybridized carbons (Fsp3) is 0.211. The number of hydrogen-bond acceptors (Lipinski definition) is 5. The van der Waals surface area contributed by atoms with E-state index in [1.807, 2.05) is 0 Å². The van der Waals surface area contributed by atoms with Gasteiger partial charge in [0, 0.05) is 37.5 Å². The van der Waals surface area contributed by atoms with E-state index < -0.39 is 0 Å². The molecule has 0 unspecified atom stereocenters. The summed E-state index contributed by atoms with van der Waals surface area (Å²) in [5, 5.41) is 6.78. The van der Waals surface area contributed by atoms with Gasteiger partial charge < -0.3 is 15.2 Å². The minimum Gasteiger partial charge on any atom is -0.350 e. The Labute approximate surface area is 161 Å². The van der Waals surface area contributed by atoms with E-state index >= 15 is 0 Å². The number of nitrogens with one attached hydrogen (secondary N) is 2. The molecule has 2 aromatic heterocycles. The van der Waals surface area contributed by atoms with Gasteiger partial charge in [-0.3, -0.25) is 14.4 Å². The molecule has 2 heterocycles. The number of pyridine rings is 1. The number of carbonyl (C=O) groups excluding carboxylic acids is 2. The number of rotatable bonds is 6. The van der Waals surface area contributed by atoms with Crippen molar-refractivity contribution in [3.05, 3.63) is 76.2 Å². The molecule has 3 rings (SSSR count). The quantitative estimate of drug-likeness (QED) is 0.656. The molecule has 1 aromatic carbocycles. The van der Waals surface area contributed by atoms with Crippen LogP contribution in [0.4, 0.5) is 0 Å². The van der Waals surface area contributed by atoms with Gasteiger partial charge in [-0.1, -0.05) is 0 Å². The van der Waals surface area contributed by atoms with Crippen LogP contribution in [0.2, 0.25) is 0 Å². The van der Waals surface area contributed by atoms with Gasteiger partial charge in [0.25, 0.3) is 17.4 Å². The second-order valence-electron chi connectivity index (χ2n) is 6.27. The summed E-state index contributed by atoms with van der Waals surface area (Å²) in [5.74, 6) is -0.461. The van der Waals surface area contributed by atoms with Crippen molar-refractivity contribution in [2.75, 3.05) is 20.1 Å². The molecule has 0 atom stereocenters. The van der Waals surface area contributed by atoms with Gasteiger partial charge in [0.2, 0.25) is 0 Å². The Kier molecular flexibility index (Phi) is 5.64. The molecule has 0 radical (unpaired) electrons. The topological polar surface area (TPSA) is 113 Å². The average Bonchev–Trinajstić information content (AvgIpc) is 3.24. The Hall–Kier alpha value is -3.75. The van der Waals surface area contributed by atoms with Crippen LogP contribution in [0.3, 0.4) is 0 Å². The highest BCUT2D eigenvalue weighted by Crippen LogP contribution is 2.09. The number of H-pyrrole nitrogens is 1. The number of aromatic nitrogens is 4. The van der Waals surface area contributed by atoms with E-state index in [0.717, 1.165) is 5.69 Å². The van der Waals surface area contributed by atoms with Crippen LogP contribution in [-0.4, -0.2) is 56.6 Å². The van der Waals surface area contributed by atoms with Crippen molar-refractivity contribution in [1.29, 1.82) is 0 Å². The van der Waals surface area contributed by atoms with E-state index in [4.69, 9.17) is 0 Å². The molecule has 144 valence electrons. The molecule has 0 saturated heterocycles. The van der Waals surface area contributed by atoms with Crippen LogP contribution >= 0.6 is 0 Å². The minimum atomic E-state index is -0.308. The Morgan fingerprint density at radius 2 is 1.96 bits per heavy atom. The zero-order chi connectivity index (χ0) is 20.1. The lowest BCUT2D eigenvalue weighted by molar-refractivity contribution is 0.0787. The first-order valence-electron chi connectivity index (χ1n) is 8.64. The minimum absolute atomic E-state index is 0.153. The van der Waals surface area contributed by atoms with Gasteiger partial charge in [0.15, 0.2) is 0 Å². The molecule has 9 nitrogen and oxygen atoms in total. The Morgan fingerprint density at radius 1 is 1.21 bits per heavy atom. The van der Waals surface area contributed by atoms with Crippen molar-refractivity contribution in [2.45, 2.75) is 6.92 Å². The molecular formula is C19H20N6O3. The third kappa shape index (κ3) is 4.32. The molecular weight excluding hydrogens is 360 g/mol. The summed E-state index contributed by atoms with van der Waals surface area (Å²) in [7, 11) is 1.67. The molecule has 2 amide bonds. The van der Waals surface area contributed by atoms with Gasteiger partial charge in [0.05, 0.1) is 11.3 Å². The molecule has 0 aliphatic carbocycles. The Morgan fingerprint density at radius 3 is 2.61 bits per heavy atom. The number of likely N-dealkylation sites (N-methyl/N-ethyl adjacent to an activating group) is 1. The van der Waals surface area contributed by atoms with Crippen molar-refractivity contribution < 1.29 is 9.59 Å². The monoisotopic (exact) mass is 380 g/mol. The molecule has 0 spiro atoms. The maximum atomic E-state index is 12.5. The smallest absolute Gasteiger partial charge is 0.253 e. The first-order valence-corrected chi connectivity index (χ1v) is 8.64. The number of nitrogens with zero attached hydrogens (tertiary/aromatic N) is 4. The predicted molar refractivity (Wildman–Crippen MR) is 102 cm³/mol. The van der Waals surface area contributed by atoms with Crippen LogP contribution in [0.25, 0.3) is 5.69 Å². The third-order valence-electron chi connectivity index (χ3n) is 4.23. The Balaban J connectivity index is 1.53. The second kappa shape index (κ2) is 8.30. The first kappa shape index (κ1) is 19.0. The van der Waals surface area contributed by atoms with Gasteiger partial charge in [0.1, 0.15) is 12.7 Å². The number of aryl methyl sites for hydroxylation is 1. The second-order valence-corrected chi connectivity index (χ2v) is 6.27. The standard InChI is InChI=1S/C19H20N6O3/c1-13-9-15(10-22-17(13)26)18(27)21-7-8-24(2)19(28)14-3-5-16(6-4-14)25-12-20-11-23-25/h3-6,9-12H,7-8H2,1-2H3,(H,21,27)(H,22,26). The fourth-order valence-corrected chi connectivity index (χ4v) is 2.59. The van der Waals surface area contributed by atoms with E-state index in [0.29, 0.717) is 23.2 Å². The summed E-state index contributed by atoms with van der Waals surface area (Å²) in [5.41, 5.74) is 1.95. The van der Waals surface area contributed by atoms with E-state index in [-0.39, 0.29) is 23.9 Å². The van der Waals surface area contributed by atoms with E-state index in [1.54, 1.807) is 49.2 Å². The maximum Gasteiger partial charge on any atom is 0.253 e. The molecule has 9 heteroatoms.